The molecule has 1 rings (SSSR count). The minimum atomic E-state index is -3.82. The summed E-state index contributed by atoms with van der Waals surface area (Å²) in [5.74, 6) is 0. The summed E-state index contributed by atoms with van der Waals surface area (Å²) in [7, 11) is -3.82. The second-order valence-electron chi connectivity index (χ2n) is 4.45. The first kappa shape index (κ1) is 14.6. The Morgan fingerprint density at radius 1 is 1.44 bits per heavy atom. The Bertz CT molecular complexity index is 554. The highest BCUT2D eigenvalue weighted by molar-refractivity contribution is 7.89. The number of hydrogen-bond acceptors (Lipinski definition) is 5. The van der Waals surface area contributed by atoms with Crippen LogP contribution in [0.4, 0.5) is 5.69 Å². The van der Waals surface area contributed by atoms with Gasteiger partial charge < -0.3 is 5.73 Å². The topological polar surface area (TPSA) is 115 Å². The summed E-state index contributed by atoms with van der Waals surface area (Å²) in [4.78, 5) is 9.79. The van der Waals surface area contributed by atoms with Gasteiger partial charge in [-0.25, -0.2) is 13.1 Å². The van der Waals surface area contributed by atoms with Crippen molar-refractivity contribution in [2.45, 2.75) is 24.3 Å². The van der Waals surface area contributed by atoms with Gasteiger partial charge in [-0.05, 0) is 19.9 Å². The van der Waals surface area contributed by atoms with E-state index >= 15 is 0 Å². The Morgan fingerprint density at radius 3 is 2.56 bits per heavy atom. The van der Waals surface area contributed by atoms with Crippen LogP contribution >= 0.6 is 0 Å². The van der Waals surface area contributed by atoms with Gasteiger partial charge >= 0.3 is 0 Å². The summed E-state index contributed by atoms with van der Waals surface area (Å²) >= 11 is 0. The number of nitro groups is 1. The van der Waals surface area contributed by atoms with E-state index in [1.165, 1.54) is 18.2 Å². The molecule has 8 heteroatoms. The van der Waals surface area contributed by atoms with E-state index in [1.807, 2.05) is 0 Å². The van der Waals surface area contributed by atoms with Crippen LogP contribution in [0.1, 0.15) is 13.8 Å². The van der Waals surface area contributed by atoms with Crippen molar-refractivity contribution in [2.75, 3.05) is 6.54 Å². The fraction of sp³-hybridized carbons (Fsp3) is 0.400. The van der Waals surface area contributed by atoms with Gasteiger partial charge in [0.2, 0.25) is 10.0 Å². The molecular weight excluding hydrogens is 258 g/mol. The average molecular weight is 273 g/mol. The van der Waals surface area contributed by atoms with Crippen LogP contribution in [0.5, 0.6) is 0 Å². The minimum Gasteiger partial charge on any atom is -0.329 e. The number of nitrogens with zero attached hydrogens (tertiary/aromatic N) is 1. The van der Waals surface area contributed by atoms with Crippen LogP contribution in [0.25, 0.3) is 0 Å². The first-order valence-corrected chi connectivity index (χ1v) is 6.65. The smallest absolute Gasteiger partial charge is 0.270 e. The molecule has 1 aromatic rings. The molecular formula is C10H15N3O4S. The quantitative estimate of drug-likeness (QED) is 0.602. The zero-order valence-corrected chi connectivity index (χ0v) is 10.9. The van der Waals surface area contributed by atoms with Crippen LogP contribution < -0.4 is 10.5 Å². The molecule has 0 aliphatic carbocycles. The largest absolute Gasteiger partial charge is 0.329 e. The Labute approximate surface area is 105 Å². The van der Waals surface area contributed by atoms with Crippen LogP contribution in [0.2, 0.25) is 0 Å². The maximum atomic E-state index is 12.0. The zero-order valence-electron chi connectivity index (χ0n) is 10.1. The summed E-state index contributed by atoms with van der Waals surface area (Å²) in [6, 6.07) is 4.85. The van der Waals surface area contributed by atoms with E-state index in [2.05, 4.69) is 4.72 Å². The summed E-state index contributed by atoms with van der Waals surface area (Å²) < 4.78 is 26.4. The highest BCUT2D eigenvalue weighted by Gasteiger charge is 2.25. The van der Waals surface area contributed by atoms with E-state index in [0.29, 0.717) is 0 Å². The highest BCUT2D eigenvalue weighted by atomic mass is 32.2. The molecule has 0 aliphatic rings. The normalized spacial score (nSPS) is 12.4. The molecule has 100 valence electrons. The molecule has 0 saturated carbocycles. The lowest BCUT2D eigenvalue weighted by molar-refractivity contribution is -0.385. The van der Waals surface area contributed by atoms with Gasteiger partial charge in [-0.1, -0.05) is 6.07 Å². The number of hydrogen-bond donors (Lipinski definition) is 2. The Kier molecular flexibility index (Phi) is 4.05. The first-order valence-electron chi connectivity index (χ1n) is 5.16. The molecule has 0 bridgehead atoms. The predicted octanol–water partition coefficient (Wildman–Crippen LogP) is 0.610. The van der Waals surface area contributed by atoms with E-state index in [9.17, 15) is 18.5 Å². The monoisotopic (exact) mass is 273 g/mol. The lowest BCUT2D eigenvalue weighted by Gasteiger charge is -2.23. The number of nitro benzene ring substituents is 1. The van der Waals surface area contributed by atoms with E-state index in [4.69, 9.17) is 5.73 Å². The first-order chi connectivity index (χ1) is 8.18. The maximum absolute atomic E-state index is 12.0. The van der Waals surface area contributed by atoms with Crippen molar-refractivity contribution in [1.82, 2.24) is 4.72 Å². The van der Waals surface area contributed by atoms with Gasteiger partial charge in [0.1, 0.15) is 0 Å². The van der Waals surface area contributed by atoms with Crippen LogP contribution in [0, 0.1) is 10.1 Å². The predicted molar refractivity (Wildman–Crippen MR) is 66.6 cm³/mol. The van der Waals surface area contributed by atoms with Gasteiger partial charge in [0.05, 0.1) is 9.82 Å². The Hall–Kier alpha value is -1.51. The summed E-state index contributed by atoms with van der Waals surface area (Å²) in [6.07, 6.45) is 0. The van der Waals surface area contributed by atoms with Crippen molar-refractivity contribution < 1.29 is 13.3 Å². The van der Waals surface area contributed by atoms with Crippen LogP contribution in [-0.4, -0.2) is 25.4 Å². The molecule has 1 aromatic carbocycles. The molecule has 0 spiro atoms. The third-order valence-corrected chi connectivity index (χ3v) is 3.96. The lowest BCUT2D eigenvalue weighted by Crippen LogP contribution is -2.48. The maximum Gasteiger partial charge on any atom is 0.270 e. The summed E-state index contributed by atoms with van der Waals surface area (Å²) in [5, 5.41) is 10.6. The molecule has 0 heterocycles. The molecule has 18 heavy (non-hydrogen) atoms. The van der Waals surface area contributed by atoms with Crippen molar-refractivity contribution in [3.63, 3.8) is 0 Å². The third kappa shape index (κ3) is 3.49. The van der Waals surface area contributed by atoms with Crippen LogP contribution in [0.3, 0.4) is 0 Å². The standard InChI is InChI=1S/C10H15N3O4S/c1-10(2,7-11)12-18(16,17)9-5-3-4-8(6-9)13(14)15/h3-6,12H,7,11H2,1-2H3. The number of sulfonamides is 1. The Balaban J connectivity index is 3.13. The summed E-state index contributed by atoms with van der Waals surface area (Å²) in [6.45, 7) is 3.37. The number of nitrogens with two attached hydrogens (primary N) is 1. The molecule has 7 nitrogen and oxygen atoms in total. The van der Waals surface area contributed by atoms with Crippen LogP contribution in [-0.2, 0) is 10.0 Å². The van der Waals surface area contributed by atoms with Crippen molar-refractivity contribution in [2.24, 2.45) is 5.73 Å². The van der Waals surface area contributed by atoms with Crippen molar-refractivity contribution in [3.05, 3.63) is 34.4 Å². The van der Waals surface area contributed by atoms with Gasteiger partial charge in [-0.2, -0.15) is 0 Å². The van der Waals surface area contributed by atoms with E-state index in [-0.39, 0.29) is 17.1 Å². The lowest BCUT2D eigenvalue weighted by atomic mass is 10.1. The van der Waals surface area contributed by atoms with Gasteiger partial charge in [0.15, 0.2) is 0 Å². The Morgan fingerprint density at radius 2 is 2.06 bits per heavy atom. The second kappa shape index (κ2) is 5.01. The van der Waals surface area contributed by atoms with E-state index < -0.39 is 20.5 Å². The average Bonchev–Trinajstić information content (AvgIpc) is 2.28. The molecule has 0 amide bonds. The highest BCUT2D eigenvalue weighted by Crippen LogP contribution is 2.18. The minimum absolute atomic E-state index is 0.112. The molecule has 0 aliphatic heterocycles. The van der Waals surface area contributed by atoms with Gasteiger partial charge in [0.25, 0.3) is 5.69 Å². The number of benzene rings is 1. The van der Waals surface area contributed by atoms with Crippen molar-refractivity contribution >= 4 is 15.7 Å². The molecule has 3 N–H and O–H groups in total. The SMILES string of the molecule is CC(C)(CN)NS(=O)(=O)c1cccc([N+](=O)[O-])c1. The molecule has 0 radical (unpaired) electrons. The van der Waals surface area contributed by atoms with Gasteiger partial charge in [-0.15, -0.1) is 0 Å². The second-order valence-corrected chi connectivity index (χ2v) is 6.13. The molecule has 0 atom stereocenters. The third-order valence-electron chi connectivity index (χ3n) is 2.26. The molecule has 0 unspecified atom stereocenters. The zero-order chi connectivity index (χ0) is 14.0. The van der Waals surface area contributed by atoms with E-state index in [0.717, 1.165) is 6.07 Å². The number of rotatable bonds is 5. The van der Waals surface area contributed by atoms with Crippen molar-refractivity contribution in [3.8, 4) is 0 Å². The number of nitrogens with one attached hydrogen (secondary N) is 1. The fourth-order valence-electron chi connectivity index (χ4n) is 1.23. The number of non-ortho nitro benzene ring substituents is 1. The van der Waals surface area contributed by atoms with E-state index in [1.54, 1.807) is 13.8 Å². The van der Waals surface area contributed by atoms with Gasteiger partial charge in [-0.3, -0.25) is 10.1 Å². The molecule has 0 aromatic heterocycles. The van der Waals surface area contributed by atoms with Crippen LogP contribution in [0.15, 0.2) is 29.2 Å². The molecule has 0 saturated heterocycles. The van der Waals surface area contributed by atoms with Gasteiger partial charge in [0, 0.05) is 24.2 Å². The fourth-order valence-corrected chi connectivity index (χ4v) is 2.69. The summed E-state index contributed by atoms with van der Waals surface area (Å²) in [5.41, 5.74) is 4.34. The van der Waals surface area contributed by atoms with Crippen molar-refractivity contribution in [1.29, 1.82) is 0 Å². The molecule has 0 fully saturated rings.